The Hall–Kier alpha value is -1.27. The van der Waals surface area contributed by atoms with Gasteiger partial charge in [0.15, 0.2) is 0 Å². The minimum absolute atomic E-state index is 0.0494. The second-order valence-corrected chi connectivity index (χ2v) is 7.80. The number of ether oxygens (including phenoxy) is 1. The molecule has 1 aromatic carbocycles. The number of rotatable bonds is 8. The summed E-state index contributed by atoms with van der Waals surface area (Å²) in [7, 11) is -3.33. The van der Waals surface area contributed by atoms with Gasteiger partial charge in [0, 0.05) is 12.6 Å². The maximum absolute atomic E-state index is 12.4. The van der Waals surface area contributed by atoms with Crippen LogP contribution in [0.2, 0.25) is 0 Å². The monoisotopic (exact) mass is 314 g/mol. The van der Waals surface area contributed by atoms with Gasteiger partial charge in [0.2, 0.25) is 10.0 Å². The molecule has 1 aromatic rings. The van der Waals surface area contributed by atoms with Gasteiger partial charge in [-0.25, -0.2) is 8.42 Å². The van der Waals surface area contributed by atoms with E-state index in [1.165, 1.54) is 4.31 Å². The molecule has 5 nitrogen and oxygen atoms in total. The van der Waals surface area contributed by atoms with E-state index in [1.54, 1.807) is 18.2 Å². The van der Waals surface area contributed by atoms with Crippen LogP contribution in [0.25, 0.3) is 0 Å². The molecule has 0 unspecified atom stereocenters. The first-order valence-corrected chi connectivity index (χ1v) is 8.81. The number of benzene rings is 1. The van der Waals surface area contributed by atoms with Crippen LogP contribution < -0.4 is 10.5 Å². The molecule has 0 bridgehead atoms. The standard InChI is InChI=1S/C15H26N2O3S/c1-12(2)11-17(13(3)4)21(18,19)10-9-20-15-8-6-5-7-14(15)16/h5-8,12-13H,9-11,16H2,1-4H3. The molecule has 0 saturated carbocycles. The summed E-state index contributed by atoms with van der Waals surface area (Å²) in [5.41, 5.74) is 6.27. The molecule has 0 radical (unpaired) electrons. The zero-order valence-corrected chi connectivity index (χ0v) is 14.1. The number of hydrogen-bond acceptors (Lipinski definition) is 4. The summed E-state index contributed by atoms with van der Waals surface area (Å²) in [5.74, 6) is 0.757. The largest absolute Gasteiger partial charge is 0.490 e. The molecular weight excluding hydrogens is 288 g/mol. The maximum atomic E-state index is 12.4. The Labute approximate surface area is 128 Å². The third-order valence-corrected chi connectivity index (χ3v) is 4.96. The molecule has 6 heteroatoms. The highest BCUT2D eigenvalue weighted by atomic mass is 32.2. The molecule has 0 spiro atoms. The molecule has 0 amide bonds. The van der Waals surface area contributed by atoms with Crippen molar-refractivity contribution in [1.29, 1.82) is 0 Å². The number of nitrogen functional groups attached to an aromatic ring is 1. The molecule has 0 aliphatic heterocycles. The Balaban J connectivity index is 2.65. The van der Waals surface area contributed by atoms with E-state index in [0.717, 1.165) is 0 Å². The molecule has 1 rings (SSSR count). The fourth-order valence-electron chi connectivity index (χ4n) is 1.99. The van der Waals surface area contributed by atoms with Crippen LogP contribution in [0.15, 0.2) is 24.3 Å². The van der Waals surface area contributed by atoms with Crippen molar-refractivity contribution in [3.63, 3.8) is 0 Å². The van der Waals surface area contributed by atoms with Gasteiger partial charge in [0.25, 0.3) is 0 Å². The van der Waals surface area contributed by atoms with Crippen molar-refractivity contribution in [2.75, 3.05) is 24.6 Å². The third kappa shape index (κ3) is 5.55. The molecular formula is C15H26N2O3S. The highest BCUT2D eigenvalue weighted by Crippen LogP contribution is 2.20. The fourth-order valence-corrected chi connectivity index (χ4v) is 3.69. The zero-order chi connectivity index (χ0) is 16.0. The van der Waals surface area contributed by atoms with E-state index in [-0.39, 0.29) is 24.3 Å². The van der Waals surface area contributed by atoms with Gasteiger partial charge in [0.05, 0.1) is 11.4 Å². The highest BCUT2D eigenvalue weighted by Gasteiger charge is 2.25. The van der Waals surface area contributed by atoms with Gasteiger partial charge in [-0.05, 0) is 31.9 Å². The van der Waals surface area contributed by atoms with E-state index in [0.29, 0.717) is 18.0 Å². The van der Waals surface area contributed by atoms with Crippen LogP contribution in [-0.4, -0.2) is 37.7 Å². The Kier molecular flexibility index (Phi) is 6.48. The lowest BCUT2D eigenvalue weighted by Crippen LogP contribution is -2.41. The lowest BCUT2D eigenvalue weighted by Gasteiger charge is -2.27. The summed E-state index contributed by atoms with van der Waals surface area (Å²) in [4.78, 5) is 0. The van der Waals surface area contributed by atoms with Gasteiger partial charge in [-0.1, -0.05) is 26.0 Å². The number of anilines is 1. The molecule has 0 aliphatic rings. The molecule has 0 heterocycles. The zero-order valence-electron chi connectivity index (χ0n) is 13.2. The van der Waals surface area contributed by atoms with Gasteiger partial charge >= 0.3 is 0 Å². The molecule has 2 N–H and O–H groups in total. The van der Waals surface area contributed by atoms with Crippen molar-refractivity contribution in [3.05, 3.63) is 24.3 Å². The summed E-state index contributed by atoms with van der Waals surface area (Å²) < 4.78 is 31.8. The fraction of sp³-hybridized carbons (Fsp3) is 0.600. The summed E-state index contributed by atoms with van der Waals surface area (Å²) in [6.45, 7) is 8.40. The number of sulfonamides is 1. The first-order valence-electron chi connectivity index (χ1n) is 7.21. The second kappa shape index (κ2) is 7.66. The van der Waals surface area contributed by atoms with Gasteiger partial charge in [0.1, 0.15) is 12.4 Å². The van der Waals surface area contributed by atoms with Crippen LogP contribution in [0.1, 0.15) is 27.7 Å². The first kappa shape index (κ1) is 17.8. The third-order valence-electron chi connectivity index (χ3n) is 3.00. The van der Waals surface area contributed by atoms with Crippen molar-refractivity contribution in [2.45, 2.75) is 33.7 Å². The Morgan fingerprint density at radius 3 is 2.33 bits per heavy atom. The lowest BCUT2D eigenvalue weighted by atomic mass is 10.2. The Morgan fingerprint density at radius 2 is 1.81 bits per heavy atom. The normalized spacial score (nSPS) is 12.3. The minimum Gasteiger partial charge on any atom is -0.490 e. The summed E-state index contributed by atoms with van der Waals surface area (Å²) in [6, 6.07) is 7.01. The second-order valence-electron chi connectivity index (χ2n) is 5.76. The predicted octanol–water partition coefficient (Wildman–Crippen LogP) is 2.34. The Bertz CT molecular complexity index is 542. The number of para-hydroxylation sites is 2. The van der Waals surface area contributed by atoms with Crippen LogP contribution >= 0.6 is 0 Å². The predicted molar refractivity (Wildman–Crippen MR) is 86.8 cm³/mol. The van der Waals surface area contributed by atoms with Crippen molar-refractivity contribution < 1.29 is 13.2 Å². The van der Waals surface area contributed by atoms with Crippen LogP contribution in [0.3, 0.4) is 0 Å². The molecule has 0 aliphatic carbocycles. The van der Waals surface area contributed by atoms with Crippen molar-refractivity contribution in [3.8, 4) is 5.75 Å². The molecule has 120 valence electrons. The molecule has 0 atom stereocenters. The lowest BCUT2D eigenvalue weighted by molar-refractivity contribution is 0.306. The van der Waals surface area contributed by atoms with Crippen molar-refractivity contribution in [2.24, 2.45) is 5.92 Å². The highest BCUT2D eigenvalue weighted by molar-refractivity contribution is 7.89. The van der Waals surface area contributed by atoms with Crippen LogP contribution in [0.5, 0.6) is 5.75 Å². The summed E-state index contributed by atoms with van der Waals surface area (Å²) >= 11 is 0. The van der Waals surface area contributed by atoms with E-state index in [2.05, 4.69) is 0 Å². The van der Waals surface area contributed by atoms with Crippen LogP contribution in [0, 0.1) is 5.92 Å². The van der Waals surface area contributed by atoms with Crippen LogP contribution in [0.4, 0.5) is 5.69 Å². The topological polar surface area (TPSA) is 72.6 Å². The molecule has 0 fully saturated rings. The molecule has 0 aromatic heterocycles. The number of nitrogens with two attached hydrogens (primary N) is 1. The summed E-state index contributed by atoms with van der Waals surface area (Å²) in [5, 5.41) is 0. The molecule has 0 saturated heterocycles. The minimum atomic E-state index is -3.33. The first-order chi connectivity index (χ1) is 9.74. The molecule has 21 heavy (non-hydrogen) atoms. The van der Waals surface area contributed by atoms with E-state index < -0.39 is 10.0 Å². The van der Waals surface area contributed by atoms with Gasteiger partial charge in [-0.3, -0.25) is 0 Å². The van der Waals surface area contributed by atoms with Crippen LogP contribution in [-0.2, 0) is 10.0 Å². The number of hydrogen-bond donors (Lipinski definition) is 1. The summed E-state index contributed by atoms with van der Waals surface area (Å²) in [6.07, 6.45) is 0. The average molecular weight is 314 g/mol. The van der Waals surface area contributed by atoms with Gasteiger partial charge in [-0.2, -0.15) is 4.31 Å². The number of nitrogens with zero attached hydrogens (tertiary/aromatic N) is 1. The van der Waals surface area contributed by atoms with E-state index in [9.17, 15) is 8.42 Å². The van der Waals surface area contributed by atoms with E-state index in [1.807, 2.05) is 33.8 Å². The van der Waals surface area contributed by atoms with E-state index in [4.69, 9.17) is 10.5 Å². The quantitative estimate of drug-likeness (QED) is 0.748. The smallest absolute Gasteiger partial charge is 0.217 e. The average Bonchev–Trinajstić information content (AvgIpc) is 2.37. The Morgan fingerprint density at radius 1 is 1.19 bits per heavy atom. The van der Waals surface area contributed by atoms with Crippen molar-refractivity contribution in [1.82, 2.24) is 4.31 Å². The van der Waals surface area contributed by atoms with Crippen molar-refractivity contribution >= 4 is 15.7 Å². The van der Waals surface area contributed by atoms with E-state index >= 15 is 0 Å². The van der Waals surface area contributed by atoms with Gasteiger partial charge in [-0.15, -0.1) is 0 Å². The van der Waals surface area contributed by atoms with Gasteiger partial charge < -0.3 is 10.5 Å². The SMILES string of the molecule is CC(C)CN(C(C)C)S(=O)(=O)CCOc1ccccc1N. The maximum Gasteiger partial charge on any atom is 0.217 e.